The van der Waals surface area contributed by atoms with Crippen LogP contribution in [-0.2, 0) is 0 Å². The van der Waals surface area contributed by atoms with Crippen molar-refractivity contribution in [1.29, 1.82) is 0 Å². The van der Waals surface area contributed by atoms with Gasteiger partial charge >= 0.3 is 0 Å². The Kier molecular flexibility index (Phi) is 3.49. The Labute approximate surface area is 142 Å². The molecule has 3 heteroatoms. The third-order valence-electron chi connectivity index (χ3n) is 4.88. The van der Waals surface area contributed by atoms with Crippen molar-refractivity contribution in [2.75, 3.05) is 11.4 Å². The molecule has 23 heavy (non-hydrogen) atoms. The van der Waals surface area contributed by atoms with Gasteiger partial charge in [-0.15, -0.1) is 0 Å². The van der Waals surface area contributed by atoms with E-state index < -0.39 is 0 Å². The summed E-state index contributed by atoms with van der Waals surface area (Å²) >= 11 is 1.82. The van der Waals surface area contributed by atoms with Crippen LogP contribution >= 0.6 is 11.8 Å². The molecular formula is C20H22N2S. The van der Waals surface area contributed by atoms with Crippen LogP contribution in [0.15, 0.2) is 40.2 Å². The van der Waals surface area contributed by atoms with Crippen LogP contribution in [0.5, 0.6) is 0 Å². The maximum Gasteiger partial charge on any atom is 0.169 e. The van der Waals surface area contributed by atoms with E-state index in [0.29, 0.717) is 6.04 Å². The maximum atomic E-state index is 4.81. The molecule has 0 radical (unpaired) electrons. The second-order valence-corrected chi connectivity index (χ2v) is 7.68. The van der Waals surface area contributed by atoms with Gasteiger partial charge in [0.05, 0.1) is 11.7 Å². The molecule has 2 aromatic rings. The molecule has 0 aromatic heterocycles. The van der Waals surface area contributed by atoms with Crippen LogP contribution in [0.2, 0.25) is 0 Å². The van der Waals surface area contributed by atoms with Gasteiger partial charge < -0.3 is 4.90 Å². The zero-order chi connectivity index (χ0) is 16.1. The highest BCUT2D eigenvalue weighted by atomic mass is 32.2. The van der Waals surface area contributed by atoms with Crippen molar-refractivity contribution in [2.24, 2.45) is 4.99 Å². The predicted octanol–water partition coefficient (Wildman–Crippen LogP) is 5.33. The number of amidine groups is 1. The molecule has 2 heterocycles. The minimum atomic E-state index is 0.401. The Balaban J connectivity index is 1.89. The number of nitrogens with zero attached hydrogens (tertiary/aromatic N) is 2. The first-order valence-corrected chi connectivity index (χ1v) is 9.07. The lowest BCUT2D eigenvalue weighted by Gasteiger charge is -2.35. The number of hydrogen-bond donors (Lipinski definition) is 0. The van der Waals surface area contributed by atoms with E-state index in [1.807, 2.05) is 11.8 Å². The van der Waals surface area contributed by atoms with Gasteiger partial charge in [0, 0.05) is 11.4 Å². The van der Waals surface area contributed by atoms with Gasteiger partial charge in [-0.1, -0.05) is 29.8 Å². The fraction of sp³-hybridized carbons (Fsp3) is 0.350. The lowest BCUT2D eigenvalue weighted by atomic mass is 9.90. The summed E-state index contributed by atoms with van der Waals surface area (Å²) in [6, 6.07) is 11.6. The molecule has 0 fully saturated rings. The molecule has 0 saturated carbocycles. The topological polar surface area (TPSA) is 15.6 Å². The Hall–Kier alpha value is -1.74. The van der Waals surface area contributed by atoms with Crippen LogP contribution in [0.3, 0.4) is 0 Å². The van der Waals surface area contributed by atoms with Crippen molar-refractivity contribution in [1.82, 2.24) is 0 Å². The van der Waals surface area contributed by atoms with Crippen molar-refractivity contribution in [3.63, 3.8) is 0 Å². The first-order chi connectivity index (χ1) is 11.1. The molecule has 2 nitrogen and oxygen atoms in total. The van der Waals surface area contributed by atoms with E-state index in [1.165, 1.54) is 43.6 Å². The van der Waals surface area contributed by atoms with Crippen molar-refractivity contribution in [3.05, 3.63) is 58.1 Å². The lowest BCUT2D eigenvalue weighted by molar-refractivity contribution is 0.623. The van der Waals surface area contributed by atoms with Gasteiger partial charge in [-0.05, 0) is 74.2 Å². The van der Waals surface area contributed by atoms with Crippen LogP contribution in [-0.4, -0.2) is 11.7 Å². The Morgan fingerprint density at radius 2 is 1.78 bits per heavy atom. The van der Waals surface area contributed by atoms with Crippen LogP contribution < -0.4 is 4.90 Å². The van der Waals surface area contributed by atoms with Gasteiger partial charge in [-0.2, -0.15) is 0 Å². The Morgan fingerprint density at radius 3 is 2.52 bits per heavy atom. The van der Waals surface area contributed by atoms with Gasteiger partial charge in [-0.3, -0.25) is 4.99 Å². The van der Waals surface area contributed by atoms with E-state index in [0.717, 1.165) is 13.0 Å². The van der Waals surface area contributed by atoms with Crippen molar-refractivity contribution < 1.29 is 0 Å². The van der Waals surface area contributed by atoms with E-state index in [2.05, 4.69) is 62.9 Å². The molecule has 2 aromatic carbocycles. The smallest absolute Gasteiger partial charge is 0.169 e. The second-order valence-electron chi connectivity index (χ2n) is 6.67. The number of aliphatic imine (C=N–C) groups is 1. The summed E-state index contributed by atoms with van der Waals surface area (Å²) in [5, 5.41) is 1.17. The number of anilines is 1. The van der Waals surface area contributed by atoms with Gasteiger partial charge in [0.2, 0.25) is 0 Å². The standard InChI is InChI=1S/C20H22N2S/c1-12-10-14(3)18(15(4)11-12)16-8-9-21-20-22(16)19-13(2)6-5-7-17(19)23-20/h5-7,10-11,16H,8-9H2,1-4H3/t16-/m1/s1. The van der Waals surface area contributed by atoms with E-state index in [4.69, 9.17) is 4.99 Å². The molecule has 0 bridgehead atoms. The maximum absolute atomic E-state index is 4.81. The molecule has 0 spiro atoms. The number of thioether (sulfide) groups is 1. The zero-order valence-electron chi connectivity index (χ0n) is 14.2. The number of hydrogen-bond acceptors (Lipinski definition) is 3. The average molecular weight is 322 g/mol. The van der Waals surface area contributed by atoms with Crippen molar-refractivity contribution >= 4 is 22.6 Å². The number of para-hydroxylation sites is 1. The third kappa shape index (κ3) is 2.29. The first kappa shape index (κ1) is 14.8. The quantitative estimate of drug-likeness (QED) is 0.705. The zero-order valence-corrected chi connectivity index (χ0v) is 15.0. The van der Waals surface area contributed by atoms with Gasteiger partial charge in [-0.25, -0.2) is 0 Å². The summed E-state index contributed by atoms with van der Waals surface area (Å²) in [5.41, 5.74) is 8.34. The highest BCUT2D eigenvalue weighted by molar-refractivity contribution is 8.14. The highest BCUT2D eigenvalue weighted by Crippen LogP contribution is 2.49. The second kappa shape index (κ2) is 5.41. The van der Waals surface area contributed by atoms with Gasteiger partial charge in [0.1, 0.15) is 0 Å². The normalized spacial score (nSPS) is 19.4. The first-order valence-electron chi connectivity index (χ1n) is 8.25. The fourth-order valence-corrected chi connectivity index (χ4v) is 5.24. The van der Waals surface area contributed by atoms with Crippen LogP contribution in [0.25, 0.3) is 0 Å². The summed E-state index contributed by atoms with van der Waals surface area (Å²) in [6.45, 7) is 9.82. The number of rotatable bonds is 1. The number of benzene rings is 2. The average Bonchev–Trinajstić information content (AvgIpc) is 2.86. The van der Waals surface area contributed by atoms with Gasteiger partial charge in [0.15, 0.2) is 5.17 Å². The Morgan fingerprint density at radius 1 is 1.04 bits per heavy atom. The highest BCUT2D eigenvalue weighted by Gasteiger charge is 2.37. The van der Waals surface area contributed by atoms with E-state index >= 15 is 0 Å². The van der Waals surface area contributed by atoms with Crippen LogP contribution in [0.1, 0.15) is 40.3 Å². The molecular weight excluding hydrogens is 300 g/mol. The molecule has 118 valence electrons. The molecule has 0 N–H and O–H groups in total. The SMILES string of the molecule is Cc1cc(C)c([C@H]2CCN=C3Sc4cccc(C)c4N32)c(C)c1. The molecule has 1 atom stereocenters. The minimum absolute atomic E-state index is 0.401. The van der Waals surface area contributed by atoms with E-state index in [1.54, 1.807) is 0 Å². The molecule has 0 unspecified atom stereocenters. The van der Waals surface area contributed by atoms with E-state index in [9.17, 15) is 0 Å². The van der Waals surface area contributed by atoms with E-state index in [-0.39, 0.29) is 0 Å². The molecule has 2 aliphatic rings. The summed E-state index contributed by atoms with van der Waals surface area (Å²) in [4.78, 5) is 8.64. The lowest BCUT2D eigenvalue weighted by Crippen LogP contribution is -2.35. The van der Waals surface area contributed by atoms with Gasteiger partial charge in [0.25, 0.3) is 0 Å². The monoisotopic (exact) mass is 322 g/mol. The summed E-state index contributed by atoms with van der Waals surface area (Å²) < 4.78 is 0. The molecule has 0 saturated heterocycles. The molecule has 0 amide bonds. The third-order valence-corrected chi connectivity index (χ3v) is 5.94. The number of fused-ring (bicyclic) bond motifs is 3. The summed E-state index contributed by atoms with van der Waals surface area (Å²) in [6.07, 6.45) is 1.09. The summed E-state index contributed by atoms with van der Waals surface area (Å²) in [5.74, 6) is 0. The molecule has 4 rings (SSSR count). The predicted molar refractivity (Wildman–Crippen MR) is 99.8 cm³/mol. The van der Waals surface area contributed by atoms with Crippen molar-refractivity contribution in [3.8, 4) is 0 Å². The molecule has 0 aliphatic carbocycles. The fourth-order valence-electron chi connectivity index (χ4n) is 4.07. The Bertz CT molecular complexity index is 799. The molecule has 2 aliphatic heterocycles. The largest absolute Gasteiger partial charge is 0.312 e. The number of aryl methyl sites for hydroxylation is 4. The van der Waals surface area contributed by atoms with Crippen LogP contribution in [0.4, 0.5) is 5.69 Å². The van der Waals surface area contributed by atoms with Crippen molar-refractivity contribution in [2.45, 2.75) is 45.1 Å². The minimum Gasteiger partial charge on any atom is -0.312 e. The summed E-state index contributed by atoms with van der Waals surface area (Å²) in [7, 11) is 0. The van der Waals surface area contributed by atoms with Crippen LogP contribution in [0, 0.1) is 27.7 Å².